The first-order valence-electron chi connectivity index (χ1n) is 6.98. The number of hydrogen-bond acceptors (Lipinski definition) is 4. The van der Waals surface area contributed by atoms with E-state index in [1.54, 1.807) is 0 Å². The lowest BCUT2D eigenvalue weighted by atomic mass is 10.2. The van der Waals surface area contributed by atoms with Crippen LogP contribution in [0.4, 0.5) is 21.0 Å². The summed E-state index contributed by atoms with van der Waals surface area (Å²) in [5.74, 6) is -2.09. The fourth-order valence-corrected chi connectivity index (χ4v) is 1.69. The van der Waals surface area contributed by atoms with Gasteiger partial charge in [0.15, 0.2) is 0 Å². The lowest BCUT2D eigenvalue weighted by Gasteiger charge is -2.08. The number of hydrogen-bond donors (Lipinski definition) is 6. The third kappa shape index (κ3) is 7.00. The SMILES string of the molecule is NC(N)=O.O=C(Nc1ccc(C(=O)O)cc1)Nc1ccc(C(=O)O)cc1. The Labute approximate surface area is 147 Å². The molecule has 2 aromatic carbocycles. The molecule has 0 bridgehead atoms. The number of anilines is 2. The maximum absolute atomic E-state index is 11.8. The fourth-order valence-electron chi connectivity index (χ4n) is 1.69. The molecule has 136 valence electrons. The second-order valence-electron chi connectivity index (χ2n) is 4.75. The summed E-state index contributed by atoms with van der Waals surface area (Å²) in [5.41, 5.74) is 9.61. The molecule has 2 aromatic rings. The zero-order chi connectivity index (χ0) is 19.7. The van der Waals surface area contributed by atoms with Crippen LogP contribution >= 0.6 is 0 Å². The van der Waals surface area contributed by atoms with E-state index in [4.69, 9.17) is 15.0 Å². The van der Waals surface area contributed by atoms with Crippen molar-refractivity contribution in [3.8, 4) is 0 Å². The predicted octanol–water partition coefficient (Wildman–Crippen LogP) is 1.75. The minimum Gasteiger partial charge on any atom is -0.478 e. The van der Waals surface area contributed by atoms with Gasteiger partial charge < -0.3 is 32.3 Å². The summed E-state index contributed by atoms with van der Waals surface area (Å²) in [6.45, 7) is 0. The Kier molecular flexibility index (Phi) is 7.12. The Balaban J connectivity index is 0.000000765. The second kappa shape index (κ2) is 9.27. The number of benzene rings is 2. The van der Waals surface area contributed by atoms with Gasteiger partial charge in [-0.3, -0.25) is 0 Å². The first-order chi connectivity index (χ1) is 12.2. The van der Waals surface area contributed by atoms with Gasteiger partial charge in [-0.05, 0) is 48.5 Å². The number of amides is 4. The van der Waals surface area contributed by atoms with E-state index in [0.29, 0.717) is 11.4 Å². The molecule has 0 aliphatic carbocycles. The van der Waals surface area contributed by atoms with Crippen LogP contribution in [0.25, 0.3) is 0 Å². The number of aromatic carboxylic acids is 2. The number of nitrogens with two attached hydrogens (primary N) is 2. The predicted molar refractivity (Wildman–Crippen MR) is 93.2 cm³/mol. The molecule has 0 radical (unpaired) electrons. The minimum absolute atomic E-state index is 0.121. The van der Waals surface area contributed by atoms with Crippen molar-refractivity contribution < 1.29 is 29.4 Å². The molecule has 0 aliphatic heterocycles. The van der Waals surface area contributed by atoms with Gasteiger partial charge in [0.2, 0.25) is 0 Å². The quantitative estimate of drug-likeness (QED) is 0.482. The molecular formula is C16H16N4O6. The van der Waals surface area contributed by atoms with Crippen LogP contribution in [0, 0.1) is 0 Å². The molecule has 26 heavy (non-hydrogen) atoms. The van der Waals surface area contributed by atoms with Crippen LogP contribution in [0.5, 0.6) is 0 Å². The lowest BCUT2D eigenvalue weighted by molar-refractivity contribution is 0.0686. The first-order valence-corrected chi connectivity index (χ1v) is 6.98. The van der Waals surface area contributed by atoms with Crippen LogP contribution in [-0.4, -0.2) is 34.2 Å². The van der Waals surface area contributed by atoms with Gasteiger partial charge in [0.25, 0.3) is 0 Å². The van der Waals surface area contributed by atoms with Crippen LogP contribution in [0.3, 0.4) is 0 Å². The highest BCUT2D eigenvalue weighted by atomic mass is 16.4. The van der Waals surface area contributed by atoms with E-state index in [1.807, 2.05) is 0 Å². The summed E-state index contributed by atoms with van der Waals surface area (Å²) < 4.78 is 0. The summed E-state index contributed by atoms with van der Waals surface area (Å²) in [4.78, 5) is 42.2. The molecule has 8 N–H and O–H groups in total. The van der Waals surface area contributed by atoms with Crippen LogP contribution in [0.1, 0.15) is 20.7 Å². The van der Waals surface area contributed by atoms with Gasteiger partial charge in [-0.25, -0.2) is 19.2 Å². The van der Waals surface area contributed by atoms with Gasteiger partial charge in [0.1, 0.15) is 0 Å². The Hall–Kier alpha value is -4.08. The van der Waals surface area contributed by atoms with Crippen molar-refractivity contribution >= 4 is 35.4 Å². The lowest BCUT2D eigenvalue weighted by Crippen LogP contribution is -2.19. The van der Waals surface area contributed by atoms with Crippen LogP contribution < -0.4 is 22.1 Å². The highest BCUT2D eigenvalue weighted by Crippen LogP contribution is 2.12. The highest BCUT2D eigenvalue weighted by molar-refractivity contribution is 6.00. The number of carbonyl (C=O) groups is 4. The van der Waals surface area contributed by atoms with Crippen molar-refractivity contribution in [3.05, 3.63) is 59.7 Å². The van der Waals surface area contributed by atoms with Crippen LogP contribution in [0.15, 0.2) is 48.5 Å². The van der Waals surface area contributed by atoms with Crippen molar-refractivity contribution in [3.63, 3.8) is 0 Å². The molecule has 0 heterocycles. The zero-order valence-electron chi connectivity index (χ0n) is 13.3. The molecule has 0 aliphatic rings. The average Bonchev–Trinajstić information content (AvgIpc) is 2.55. The van der Waals surface area contributed by atoms with E-state index >= 15 is 0 Å². The summed E-state index contributed by atoms with van der Waals surface area (Å²) in [6.07, 6.45) is 0. The molecule has 0 spiro atoms. The van der Waals surface area contributed by atoms with E-state index in [0.717, 1.165) is 0 Å². The van der Waals surface area contributed by atoms with E-state index in [-0.39, 0.29) is 11.1 Å². The molecule has 0 aromatic heterocycles. The largest absolute Gasteiger partial charge is 0.478 e. The Morgan fingerprint density at radius 3 is 1.15 bits per heavy atom. The van der Waals surface area contributed by atoms with E-state index in [2.05, 4.69) is 22.1 Å². The molecule has 0 saturated carbocycles. The standard InChI is InChI=1S/C15H12N2O5.CH4N2O/c18-13(19)9-1-5-11(6-2-9)16-15(22)17-12-7-3-10(4-8-12)14(20)21;2-1(3)4/h1-8H,(H,18,19)(H,20,21)(H2,16,17,22);(H4,2,3,4). The van der Waals surface area contributed by atoms with Gasteiger partial charge in [0.05, 0.1) is 11.1 Å². The van der Waals surface area contributed by atoms with Crippen LogP contribution in [0.2, 0.25) is 0 Å². The van der Waals surface area contributed by atoms with Crippen molar-refractivity contribution in [2.75, 3.05) is 10.6 Å². The number of primary amides is 2. The van der Waals surface area contributed by atoms with E-state index in [9.17, 15) is 14.4 Å². The third-order valence-corrected chi connectivity index (χ3v) is 2.78. The molecule has 0 fully saturated rings. The Morgan fingerprint density at radius 1 is 0.654 bits per heavy atom. The molecule has 2 rings (SSSR count). The second-order valence-corrected chi connectivity index (χ2v) is 4.75. The molecule has 4 amide bonds. The minimum atomic E-state index is -1.05. The van der Waals surface area contributed by atoms with Gasteiger partial charge in [-0.15, -0.1) is 0 Å². The monoisotopic (exact) mass is 360 g/mol. The smallest absolute Gasteiger partial charge is 0.335 e. The number of carboxylic acid groups (broad SMARTS) is 2. The van der Waals surface area contributed by atoms with Gasteiger partial charge in [0, 0.05) is 11.4 Å². The number of carboxylic acids is 2. The normalized spacial score (nSPS) is 9.23. The third-order valence-electron chi connectivity index (χ3n) is 2.78. The number of urea groups is 2. The van der Waals surface area contributed by atoms with Crippen LogP contribution in [-0.2, 0) is 0 Å². The van der Waals surface area contributed by atoms with Crippen molar-refractivity contribution in [1.82, 2.24) is 0 Å². The first kappa shape index (κ1) is 20.0. The number of nitrogens with one attached hydrogen (secondary N) is 2. The number of rotatable bonds is 4. The van der Waals surface area contributed by atoms with Crippen molar-refractivity contribution in [1.29, 1.82) is 0 Å². The summed E-state index contributed by atoms with van der Waals surface area (Å²) in [5, 5.41) is 22.6. The Bertz CT molecular complexity index is 737. The topological polar surface area (TPSA) is 185 Å². The summed E-state index contributed by atoms with van der Waals surface area (Å²) in [7, 11) is 0. The highest BCUT2D eigenvalue weighted by Gasteiger charge is 2.06. The van der Waals surface area contributed by atoms with Crippen molar-refractivity contribution in [2.24, 2.45) is 11.5 Å². The molecule has 0 saturated heterocycles. The maximum atomic E-state index is 11.8. The van der Waals surface area contributed by atoms with E-state index in [1.165, 1.54) is 48.5 Å². The molecule has 10 nitrogen and oxygen atoms in total. The fraction of sp³-hybridized carbons (Fsp3) is 0. The van der Waals surface area contributed by atoms with Crippen molar-refractivity contribution in [2.45, 2.75) is 0 Å². The van der Waals surface area contributed by atoms with Gasteiger partial charge in [-0.1, -0.05) is 0 Å². The van der Waals surface area contributed by atoms with Gasteiger partial charge >= 0.3 is 24.0 Å². The summed E-state index contributed by atoms with van der Waals surface area (Å²) >= 11 is 0. The van der Waals surface area contributed by atoms with Gasteiger partial charge in [-0.2, -0.15) is 0 Å². The molecule has 0 unspecified atom stereocenters. The maximum Gasteiger partial charge on any atom is 0.335 e. The van der Waals surface area contributed by atoms with E-state index < -0.39 is 24.0 Å². The molecule has 10 heteroatoms. The molecular weight excluding hydrogens is 344 g/mol. The zero-order valence-corrected chi connectivity index (χ0v) is 13.3. The Morgan fingerprint density at radius 2 is 0.923 bits per heavy atom. The molecule has 0 atom stereocenters. The number of carbonyl (C=O) groups excluding carboxylic acids is 2. The summed E-state index contributed by atoms with van der Waals surface area (Å²) in [6, 6.07) is 10.0. The average molecular weight is 360 g/mol.